The van der Waals surface area contributed by atoms with E-state index in [9.17, 15) is 20.4 Å². The quantitative estimate of drug-likeness (QED) is 0.540. The zero-order valence-electron chi connectivity index (χ0n) is 18.1. The van der Waals surface area contributed by atoms with Gasteiger partial charge >= 0.3 is 0 Å². The SMILES string of the molecule is CCc1ccc(Cc2cc([C@@H]3O[C@H](CO)[C@@H](O)[C@H](O)[C@H]3O)cc(OC3CC3)c2C)cc1. The van der Waals surface area contributed by atoms with Gasteiger partial charge in [-0.25, -0.2) is 0 Å². The number of rotatable bonds is 7. The molecule has 0 bridgehead atoms. The summed E-state index contributed by atoms with van der Waals surface area (Å²) in [6, 6.07) is 12.3. The summed E-state index contributed by atoms with van der Waals surface area (Å²) >= 11 is 0. The van der Waals surface area contributed by atoms with E-state index >= 15 is 0 Å². The largest absolute Gasteiger partial charge is 0.490 e. The van der Waals surface area contributed by atoms with Gasteiger partial charge in [0.15, 0.2) is 0 Å². The molecule has 0 unspecified atom stereocenters. The number of aliphatic hydroxyl groups is 4. The lowest BCUT2D eigenvalue weighted by atomic mass is 9.88. The van der Waals surface area contributed by atoms with Gasteiger partial charge in [0.2, 0.25) is 0 Å². The lowest BCUT2D eigenvalue weighted by molar-refractivity contribution is -0.231. The molecule has 31 heavy (non-hydrogen) atoms. The van der Waals surface area contributed by atoms with Gasteiger partial charge < -0.3 is 29.9 Å². The number of ether oxygens (including phenoxy) is 2. The molecule has 168 valence electrons. The van der Waals surface area contributed by atoms with Gasteiger partial charge in [-0.05, 0) is 66.5 Å². The van der Waals surface area contributed by atoms with Crippen LogP contribution < -0.4 is 4.74 Å². The van der Waals surface area contributed by atoms with Gasteiger partial charge in [-0.1, -0.05) is 37.3 Å². The molecular formula is C25H32O6. The van der Waals surface area contributed by atoms with Crippen LogP contribution in [-0.4, -0.2) is 57.6 Å². The second kappa shape index (κ2) is 9.27. The van der Waals surface area contributed by atoms with Gasteiger partial charge in [0, 0.05) is 0 Å². The summed E-state index contributed by atoms with van der Waals surface area (Å²) in [5, 5.41) is 40.5. The van der Waals surface area contributed by atoms with Crippen LogP contribution in [0.15, 0.2) is 36.4 Å². The van der Waals surface area contributed by atoms with Gasteiger partial charge in [0.05, 0.1) is 12.7 Å². The van der Waals surface area contributed by atoms with E-state index in [-0.39, 0.29) is 6.10 Å². The fourth-order valence-corrected chi connectivity index (χ4v) is 4.09. The summed E-state index contributed by atoms with van der Waals surface area (Å²) < 4.78 is 11.9. The van der Waals surface area contributed by atoms with Gasteiger partial charge in [0.1, 0.15) is 36.3 Å². The van der Waals surface area contributed by atoms with Gasteiger partial charge in [-0.15, -0.1) is 0 Å². The molecule has 2 aromatic rings. The van der Waals surface area contributed by atoms with E-state index in [1.165, 1.54) is 11.1 Å². The third-order valence-electron chi connectivity index (χ3n) is 6.35. The van der Waals surface area contributed by atoms with E-state index in [1.54, 1.807) is 0 Å². The first-order chi connectivity index (χ1) is 14.9. The summed E-state index contributed by atoms with van der Waals surface area (Å²) in [7, 11) is 0. The zero-order valence-corrected chi connectivity index (χ0v) is 18.1. The Labute approximate surface area is 183 Å². The maximum atomic E-state index is 10.6. The summed E-state index contributed by atoms with van der Waals surface area (Å²) in [6.07, 6.45) is -1.97. The molecule has 1 aliphatic heterocycles. The highest BCUT2D eigenvalue weighted by atomic mass is 16.5. The number of aryl methyl sites for hydroxylation is 1. The Kier molecular flexibility index (Phi) is 6.65. The number of aliphatic hydroxyl groups excluding tert-OH is 4. The average molecular weight is 429 g/mol. The smallest absolute Gasteiger partial charge is 0.123 e. The molecule has 0 aromatic heterocycles. The summed E-state index contributed by atoms with van der Waals surface area (Å²) in [5.41, 5.74) is 5.21. The number of benzene rings is 2. The van der Waals surface area contributed by atoms with Crippen molar-refractivity contribution in [3.05, 3.63) is 64.2 Å². The van der Waals surface area contributed by atoms with E-state index in [0.717, 1.165) is 36.1 Å². The topological polar surface area (TPSA) is 99.4 Å². The molecule has 1 saturated heterocycles. The molecule has 5 atom stereocenters. The first-order valence-corrected chi connectivity index (χ1v) is 11.1. The molecule has 0 radical (unpaired) electrons. The third-order valence-corrected chi connectivity index (χ3v) is 6.35. The van der Waals surface area contributed by atoms with Crippen molar-refractivity contribution in [2.75, 3.05) is 6.61 Å². The highest BCUT2D eigenvalue weighted by Crippen LogP contribution is 2.38. The van der Waals surface area contributed by atoms with Gasteiger partial charge in [-0.2, -0.15) is 0 Å². The van der Waals surface area contributed by atoms with Crippen LogP contribution in [0.3, 0.4) is 0 Å². The van der Waals surface area contributed by atoms with E-state index in [4.69, 9.17) is 9.47 Å². The molecule has 6 nitrogen and oxygen atoms in total. The molecule has 2 aromatic carbocycles. The third kappa shape index (κ3) is 4.78. The first kappa shape index (κ1) is 22.2. The molecule has 1 heterocycles. The van der Waals surface area contributed by atoms with Crippen LogP contribution in [0.1, 0.15) is 53.7 Å². The van der Waals surface area contributed by atoms with Gasteiger partial charge in [-0.3, -0.25) is 0 Å². The molecule has 1 aliphatic carbocycles. The maximum Gasteiger partial charge on any atom is 0.123 e. The molecule has 0 amide bonds. The number of hydrogen-bond acceptors (Lipinski definition) is 6. The minimum absolute atomic E-state index is 0.209. The first-order valence-electron chi connectivity index (χ1n) is 11.1. The van der Waals surface area contributed by atoms with Crippen LogP contribution in [0.4, 0.5) is 0 Å². The molecule has 2 aliphatic rings. The van der Waals surface area contributed by atoms with Crippen LogP contribution in [0.2, 0.25) is 0 Å². The second-order valence-electron chi connectivity index (χ2n) is 8.72. The standard InChI is InChI=1S/C25H32O6/c1-3-15-4-6-16(7-5-15)10-17-11-18(12-20(14(17)2)30-19-8-9-19)25-24(29)23(28)22(27)21(13-26)31-25/h4-7,11-12,19,21-29H,3,8-10,13H2,1-2H3/t21-,22-,23+,24-,25+/m1/s1. The van der Waals surface area contributed by atoms with Crippen LogP contribution in [0.5, 0.6) is 5.75 Å². The molecule has 0 spiro atoms. The molecule has 1 saturated carbocycles. The van der Waals surface area contributed by atoms with Crippen LogP contribution in [0.25, 0.3) is 0 Å². The monoisotopic (exact) mass is 428 g/mol. The van der Waals surface area contributed by atoms with Crippen molar-refractivity contribution < 1.29 is 29.9 Å². The summed E-state index contributed by atoms with van der Waals surface area (Å²) in [5.74, 6) is 0.747. The van der Waals surface area contributed by atoms with Crippen molar-refractivity contribution in [1.82, 2.24) is 0 Å². The Morgan fingerprint density at radius 3 is 2.26 bits per heavy atom. The maximum absolute atomic E-state index is 10.6. The van der Waals surface area contributed by atoms with Crippen LogP contribution in [-0.2, 0) is 17.6 Å². The lowest BCUT2D eigenvalue weighted by Crippen LogP contribution is -2.55. The minimum Gasteiger partial charge on any atom is -0.490 e. The molecule has 4 N–H and O–H groups in total. The Bertz CT molecular complexity index is 890. The van der Waals surface area contributed by atoms with Crippen molar-refractivity contribution in [3.63, 3.8) is 0 Å². The summed E-state index contributed by atoms with van der Waals surface area (Å²) in [4.78, 5) is 0. The van der Waals surface area contributed by atoms with Gasteiger partial charge in [0.25, 0.3) is 0 Å². The van der Waals surface area contributed by atoms with Crippen molar-refractivity contribution in [2.24, 2.45) is 0 Å². The van der Waals surface area contributed by atoms with Crippen LogP contribution in [0, 0.1) is 6.92 Å². The molecular weight excluding hydrogens is 396 g/mol. The van der Waals surface area contributed by atoms with Crippen molar-refractivity contribution in [2.45, 2.75) is 76.2 Å². The lowest BCUT2D eigenvalue weighted by Gasteiger charge is -2.40. The predicted octanol–water partition coefficient (Wildman–Crippen LogP) is 2.20. The normalized spacial score (nSPS) is 28.5. The summed E-state index contributed by atoms with van der Waals surface area (Å²) in [6.45, 7) is 3.71. The van der Waals surface area contributed by atoms with E-state index < -0.39 is 37.1 Å². The highest BCUT2D eigenvalue weighted by Gasteiger charge is 2.44. The average Bonchev–Trinajstić information content (AvgIpc) is 3.60. The number of hydrogen-bond donors (Lipinski definition) is 4. The second-order valence-corrected chi connectivity index (χ2v) is 8.72. The Morgan fingerprint density at radius 1 is 0.968 bits per heavy atom. The highest BCUT2D eigenvalue weighted by molar-refractivity contribution is 5.46. The van der Waals surface area contributed by atoms with Crippen molar-refractivity contribution >= 4 is 0 Å². The molecule has 6 heteroatoms. The van der Waals surface area contributed by atoms with Crippen molar-refractivity contribution in [3.8, 4) is 5.75 Å². The Balaban J connectivity index is 1.68. The Hall–Kier alpha value is -1.96. The Morgan fingerprint density at radius 2 is 1.65 bits per heavy atom. The van der Waals surface area contributed by atoms with E-state index in [2.05, 4.69) is 31.2 Å². The zero-order chi connectivity index (χ0) is 22.1. The predicted molar refractivity (Wildman–Crippen MR) is 116 cm³/mol. The molecule has 4 rings (SSSR count). The van der Waals surface area contributed by atoms with E-state index in [0.29, 0.717) is 12.0 Å². The van der Waals surface area contributed by atoms with Crippen LogP contribution >= 0.6 is 0 Å². The molecule has 2 fully saturated rings. The van der Waals surface area contributed by atoms with E-state index in [1.807, 2.05) is 19.1 Å². The van der Waals surface area contributed by atoms with Crippen molar-refractivity contribution in [1.29, 1.82) is 0 Å². The minimum atomic E-state index is -1.41. The fraction of sp³-hybridized carbons (Fsp3) is 0.520. The fourth-order valence-electron chi connectivity index (χ4n) is 4.09.